The summed E-state index contributed by atoms with van der Waals surface area (Å²) in [6.45, 7) is 4.06. The molecule has 0 heterocycles. The number of carbonyl (C=O) groups excluding carboxylic acids is 2. The van der Waals surface area contributed by atoms with Gasteiger partial charge in [0.2, 0.25) is 0 Å². The third kappa shape index (κ3) is 3.74. The summed E-state index contributed by atoms with van der Waals surface area (Å²) in [5.74, 6) is 0.839. The molecule has 0 bridgehead atoms. The summed E-state index contributed by atoms with van der Waals surface area (Å²) >= 11 is 0. The highest BCUT2D eigenvalue weighted by atomic mass is 16.5. The first-order valence-corrected chi connectivity index (χ1v) is 7.18. The molecule has 1 aromatic carbocycles. The molecular weight excluding hydrogens is 270 g/mol. The molecule has 1 aliphatic rings. The summed E-state index contributed by atoms with van der Waals surface area (Å²) < 4.78 is 10.7. The van der Waals surface area contributed by atoms with Crippen LogP contribution in [0.4, 0.5) is 0 Å². The van der Waals surface area contributed by atoms with Gasteiger partial charge < -0.3 is 14.4 Å². The van der Waals surface area contributed by atoms with Crippen molar-refractivity contribution in [3.05, 3.63) is 23.8 Å². The maximum absolute atomic E-state index is 12.1. The van der Waals surface area contributed by atoms with Crippen LogP contribution in [0.15, 0.2) is 18.2 Å². The average molecular weight is 291 g/mol. The van der Waals surface area contributed by atoms with Gasteiger partial charge in [-0.2, -0.15) is 0 Å². The van der Waals surface area contributed by atoms with Crippen molar-refractivity contribution in [2.75, 3.05) is 20.3 Å². The first-order chi connectivity index (χ1) is 10.1. The summed E-state index contributed by atoms with van der Waals surface area (Å²) in [5, 5.41) is 0. The van der Waals surface area contributed by atoms with E-state index in [2.05, 4.69) is 0 Å². The molecular formula is C16H21NO4. The number of likely N-dealkylation sites (N-methyl/N-ethyl adjacent to an activating group) is 1. The summed E-state index contributed by atoms with van der Waals surface area (Å²) in [4.78, 5) is 25.6. The maximum Gasteiger partial charge on any atom is 0.260 e. The molecule has 0 aliphatic heterocycles. The van der Waals surface area contributed by atoms with Crippen molar-refractivity contribution < 1.29 is 19.1 Å². The highest BCUT2D eigenvalue weighted by Crippen LogP contribution is 2.28. The van der Waals surface area contributed by atoms with Crippen LogP contribution in [0.5, 0.6) is 11.5 Å². The number of ether oxygens (including phenoxy) is 2. The van der Waals surface area contributed by atoms with Crippen LogP contribution >= 0.6 is 0 Å². The lowest BCUT2D eigenvalue weighted by molar-refractivity contribution is -0.133. The van der Waals surface area contributed by atoms with Gasteiger partial charge in [-0.3, -0.25) is 9.59 Å². The van der Waals surface area contributed by atoms with Gasteiger partial charge in [-0.1, -0.05) is 0 Å². The zero-order chi connectivity index (χ0) is 15.4. The fourth-order valence-electron chi connectivity index (χ4n) is 2.29. The first-order valence-electron chi connectivity index (χ1n) is 7.18. The molecule has 0 spiro atoms. The number of Topliss-reactive ketones (excluding diaryl/α,β-unsaturated/α-hetero) is 1. The van der Waals surface area contributed by atoms with Gasteiger partial charge in [-0.15, -0.1) is 0 Å². The Morgan fingerprint density at radius 3 is 2.57 bits per heavy atom. The van der Waals surface area contributed by atoms with E-state index in [0.29, 0.717) is 29.6 Å². The number of methoxy groups -OCH3 is 1. The first kappa shape index (κ1) is 15.4. The molecule has 2 rings (SSSR count). The van der Waals surface area contributed by atoms with Crippen LogP contribution in [0.3, 0.4) is 0 Å². The highest BCUT2D eigenvalue weighted by Gasteiger charge is 2.31. The molecule has 1 aromatic rings. The zero-order valence-electron chi connectivity index (χ0n) is 12.7. The Balaban J connectivity index is 2.07. The number of hydrogen-bond acceptors (Lipinski definition) is 4. The zero-order valence-corrected chi connectivity index (χ0v) is 12.7. The minimum absolute atomic E-state index is 0.0441. The minimum atomic E-state index is -0.102. The Labute approximate surface area is 124 Å². The number of amides is 1. The summed E-state index contributed by atoms with van der Waals surface area (Å²) in [6.07, 6.45) is 2.13. The van der Waals surface area contributed by atoms with Gasteiger partial charge in [0.05, 0.1) is 12.7 Å². The molecule has 0 saturated heterocycles. The van der Waals surface area contributed by atoms with Crippen molar-refractivity contribution in [1.29, 1.82) is 0 Å². The van der Waals surface area contributed by atoms with Crippen molar-refractivity contribution in [2.45, 2.75) is 32.7 Å². The van der Waals surface area contributed by atoms with Crippen LogP contribution in [-0.4, -0.2) is 42.9 Å². The van der Waals surface area contributed by atoms with Crippen molar-refractivity contribution >= 4 is 11.7 Å². The van der Waals surface area contributed by atoms with Gasteiger partial charge in [0, 0.05) is 18.7 Å². The van der Waals surface area contributed by atoms with Crippen molar-refractivity contribution in [1.82, 2.24) is 4.90 Å². The Kier molecular flexibility index (Phi) is 4.83. The van der Waals surface area contributed by atoms with E-state index in [9.17, 15) is 9.59 Å². The van der Waals surface area contributed by atoms with Gasteiger partial charge >= 0.3 is 0 Å². The van der Waals surface area contributed by atoms with Crippen molar-refractivity contribution in [3.63, 3.8) is 0 Å². The second kappa shape index (κ2) is 6.61. The number of nitrogens with zero attached hydrogens (tertiary/aromatic N) is 1. The fourth-order valence-corrected chi connectivity index (χ4v) is 2.29. The number of hydrogen-bond donors (Lipinski definition) is 0. The third-order valence-corrected chi connectivity index (χ3v) is 3.57. The molecule has 0 aromatic heterocycles. The van der Waals surface area contributed by atoms with Crippen LogP contribution in [0.2, 0.25) is 0 Å². The van der Waals surface area contributed by atoms with E-state index < -0.39 is 0 Å². The second-order valence-corrected chi connectivity index (χ2v) is 5.12. The molecule has 21 heavy (non-hydrogen) atoms. The number of carbonyl (C=O) groups is 2. The Morgan fingerprint density at radius 2 is 2.05 bits per heavy atom. The number of benzene rings is 1. The van der Waals surface area contributed by atoms with E-state index in [-0.39, 0.29) is 18.3 Å². The number of rotatable bonds is 7. The SMILES string of the molecule is CCN(C(=O)COc1cc(OC)ccc1C(C)=O)C1CC1. The minimum Gasteiger partial charge on any atom is -0.497 e. The van der Waals surface area contributed by atoms with Crippen LogP contribution in [0.25, 0.3) is 0 Å². The van der Waals surface area contributed by atoms with Crippen LogP contribution < -0.4 is 9.47 Å². The molecule has 0 atom stereocenters. The lowest BCUT2D eigenvalue weighted by atomic mass is 10.1. The lowest BCUT2D eigenvalue weighted by Crippen LogP contribution is -2.36. The second-order valence-electron chi connectivity index (χ2n) is 5.12. The van der Waals surface area contributed by atoms with Gasteiger partial charge in [0.25, 0.3) is 5.91 Å². The Morgan fingerprint density at radius 1 is 1.33 bits per heavy atom. The van der Waals surface area contributed by atoms with E-state index >= 15 is 0 Å². The molecule has 0 N–H and O–H groups in total. The van der Waals surface area contributed by atoms with Crippen molar-refractivity contribution in [2.24, 2.45) is 0 Å². The number of ketones is 1. The standard InChI is InChI=1S/C16H21NO4/c1-4-17(12-5-6-12)16(19)10-21-15-9-13(20-3)7-8-14(15)11(2)18/h7-9,12H,4-6,10H2,1-3H3. The molecule has 0 unspecified atom stereocenters. The van der Waals surface area contributed by atoms with Gasteiger partial charge in [0.15, 0.2) is 12.4 Å². The van der Waals surface area contributed by atoms with Crippen LogP contribution in [0.1, 0.15) is 37.0 Å². The quantitative estimate of drug-likeness (QED) is 0.723. The molecule has 114 valence electrons. The van der Waals surface area contributed by atoms with Crippen LogP contribution in [-0.2, 0) is 4.79 Å². The molecule has 0 radical (unpaired) electrons. The maximum atomic E-state index is 12.1. The third-order valence-electron chi connectivity index (χ3n) is 3.57. The van der Waals surface area contributed by atoms with E-state index in [0.717, 1.165) is 12.8 Å². The topological polar surface area (TPSA) is 55.8 Å². The predicted molar refractivity (Wildman–Crippen MR) is 78.9 cm³/mol. The molecule has 5 nitrogen and oxygen atoms in total. The monoisotopic (exact) mass is 291 g/mol. The summed E-state index contributed by atoms with van der Waals surface area (Å²) in [6, 6.07) is 5.36. The Hall–Kier alpha value is -2.04. The van der Waals surface area contributed by atoms with E-state index in [4.69, 9.17) is 9.47 Å². The van der Waals surface area contributed by atoms with E-state index in [1.54, 1.807) is 25.3 Å². The average Bonchev–Trinajstić information content (AvgIpc) is 3.30. The predicted octanol–water partition coefficient (Wildman–Crippen LogP) is 2.29. The molecule has 5 heteroatoms. The van der Waals surface area contributed by atoms with E-state index in [1.165, 1.54) is 6.92 Å². The molecule has 1 amide bonds. The van der Waals surface area contributed by atoms with Gasteiger partial charge in [-0.05, 0) is 38.8 Å². The summed E-state index contributed by atoms with van der Waals surface area (Å²) in [7, 11) is 1.55. The fraction of sp³-hybridized carbons (Fsp3) is 0.500. The van der Waals surface area contributed by atoms with Crippen LogP contribution in [0, 0.1) is 0 Å². The van der Waals surface area contributed by atoms with Crippen molar-refractivity contribution in [3.8, 4) is 11.5 Å². The van der Waals surface area contributed by atoms with Gasteiger partial charge in [-0.25, -0.2) is 0 Å². The molecule has 1 aliphatic carbocycles. The molecule has 1 saturated carbocycles. The molecule has 1 fully saturated rings. The largest absolute Gasteiger partial charge is 0.497 e. The lowest BCUT2D eigenvalue weighted by Gasteiger charge is -2.20. The Bertz CT molecular complexity index is 537. The summed E-state index contributed by atoms with van der Waals surface area (Å²) in [5.41, 5.74) is 0.457. The highest BCUT2D eigenvalue weighted by molar-refractivity contribution is 5.97. The normalized spacial score (nSPS) is 13.7. The van der Waals surface area contributed by atoms with Gasteiger partial charge in [0.1, 0.15) is 11.5 Å². The smallest absolute Gasteiger partial charge is 0.260 e. The van der Waals surface area contributed by atoms with E-state index in [1.807, 2.05) is 11.8 Å².